The first-order valence-corrected chi connectivity index (χ1v) is 9.43. The number of fused-ring (bicyclic) bond motifs is 1. The zero-order chi connectivity index (χ0) is 18.2. The number of guanidine groups is 1. The van der Waals surface area contributed by atoms with Gasteiger partial charge in [0.2, 0.25) is 0 Å². The first-order chi connectivity index (χ1) is 12.8. The Bertz CT molecular complexity index is 860. The number of nitrogens with one attached hydrogen (secondary N) is 2. The Morgan fingerprint density at radius 2 is 2.22 bits per heavy atom. The molecule has 0 amide bonds. The molecule has 1 aromatic carbocycles. The van der Waals surface area contributed by atoms with Crippen LogP contribution in [-0.4, -0.2) is 28.5 Å². The van der Waals surface area contributed by atoms with Crippen molar-refractivity contribution in [2.24, 2.45) is 4.99 Å². The second-order valence-corrected chi connectivity index (χ2v) is 6.45. The number of hydrogen-bond donors (Lipinski definition) is 2. The molecule has 0 radical (unpaired) electrons. The highest BCUT2D eigenvalue weighted by atomic mass is 127. The second kappa shape index (κ2) is 10.9. The second-order valence-electron chi connectivity index (χ2n) is 5.58. The minimum atomic E-state index is 0. The van der Waals surface area contributed by atoms with Gasteiger partial charge in [0.1, 0.15) is 12.4 Å². The third-order valence-corrected chi connectivity index (χ3v) is 4.43. The van der Waals surface area contributed by atoms with E-state index in [9.17, 15) is 0 Å². The topological polar surface area (TPSA) is 63.0 Å². The van der Waals surface area contributed by atoms with Crippen LogP contribution in [0.3, 0.4) is 0 Å². The summed E-state index contributed by atoms with van der Waals surface area (Å²) in [4.78, 5) is 10.2. The number of halogens is 1. The van der Waals surface area contributed by atoms with Crippen molar-refractivity contribution in [1.29, 1.82) is 0 Å². The fraction of sp³-hybridized carbons (Fsp3) is 0.263. The minimum absolute atomic E-state index is 0. The van der Waals surface area contributed by atoms with Crippen LogP contribution in [0.15, 0.2) is 59.7 Å². The first kappa shape index (κ1) is 21.2. The minimum Gasteiger partial charge on any atom is -0.489 e. The van der Waals surface area contributed by atoms with Gasteiger partial charge in [-0.15, -0.1) is 35.3 Å². The monoisotopic (exact) mass is 497 g/mol. The molecule has 6 nitrogen and oxygen atoms in total. The van der Waals surface area contributed by atoms with Gasteiger partial charge >= 0.3 is 0 Å². The van der Waals surface area contributed by atoms with E-state index in [1.54, 1.807) is 17.4 Å². The average Bonchev–Trinajstić information content (AvgIpc) is 3.24. The van der Waals surface area contributed by atoms with Crippen LogP contribution >= 0.6 is 35.3 Å². The number of hydrogen-bond acceptors (Lipinski definition) is 4. The molecule has 0 saturated heterocycles. The van der Waals surface area contributed by atoms with E-state index in [1.807, 2.05) is 53.4 Å². The number of thiazole rings is 1. The van der Waals surface area contributed by atoms with Gasteiger partial charge in [0, 0.05) is 29.9 Å². The Morgan fingerprint density at radius 3 is 3.00 bits per heavy atom. The summed E-state index contributed by atoms with van der Waals surface area (Å²) in [6.45, 7) is 8.16. The lowest BCUT2D eigenvalue weighted by atomic mass is 10.2. The molecule has 0 aliphatic rings. The third kappa shape index (κ3) is 5.96. The van der Waals surface area contributed by atoms with Crippen molar-refractivity contribution in [2.75, 3.05) is 13.2 Å². The molecule has 0 aliphatic heterocycles. The Kier molecular flexibility index (Phi) is 8.59. The molecule has 0 fully saturated rings. The molecule has 3 rings (SSSR count). The Labute approximate surface area is 180 Å². The van der Waals surface area contributed by atoms with Crippen molar-refractivity contribution in [3.8, 4) is 5.75 Å². The first-order valence-electron chi connectivity index (χ1n) is 8.55. The molecule has 0 unspecified atom stereocenters. The van der Waals surface area contributed by atoms with Crippen LogP contribution < -0.4 is 15.4 Å². The van der Waals surface area contributed by atoms with Crippen LogP contribution in [0.25, 0.3) is 4.96 Å². The largest absolute Gasteiger partial charge is 0.489 e. The van der Waals surface area contributed by atoms with Gasteiger partial charge in [-0.2, -0.15) is 0 Å². The normalized spacial score (nSPS) is 11.1. The van der Waals surface area contributed by atoms with E-state index in [1.165, 1.54) is 0 Å². The molecule has 0 atom stereocenters. The van der Waals surface area contributed by atoms with Gasteiger partial charge in [-0.1, -0.05) is 30.9 Å². The van der Waals surface area contributed by atoms with Gasteiger partial charge in [0.05, 0.1) is 18.8 Å². The Balaban J connectivity index is 0.00000261. The molecule has 0 saturated carbocycles. The highest BCUT2D eigenvalue weighted by Gasteiger charge is 2.05. The maximum Gasteiger partial charge on any atom is 0.193 e. The third-order valence-electron chi connectivity index (χ3n) is 3.66. The lowest BCUT2D eigenvalue weighted by molar-refractivity contribution is 0.359. The zero-order valence-corrected chi connectivity index (χ0v) is 18.4. The van der Waals surface area contributed by atoms with E-state index in [0.717, 1.165) is 34.5 Å². The average molecular weight is 497 g/mol. The van der Waals surface area contributed by atoms with E-state index in [4.69, 9.17) is 4.74 Å². The van der Waals surface area contributed by atoms with Gasteiger partial charge in [0.15, 0.2) is 10.9 Å². The summed E-state index contributed by atoms with van der Waals surface area (Å²) >= 11 is 1.63. The summed E-state index contributed by atoms with van der Waals surface area (Å²) < 4.78 is 7.72. The zero-order valence-electron chi connectivity index (χ0n) is 15.2. The number of ether oxygens (including phenoxy) is 1. The highest BCUT2D eigenvalue weighted by Crippen LogP contribution is 2.18. The number of aliphatic imine (C=N–C) groups is 1. The molecular formula is C19H24IN5OS. The van der Waals surface area contributed by atoms with Crippen molar-refractivity contribution < 1.29 is 4.74 Å². The molecule has 3 aromatic rings. The summed E-state index contributed by atoms with van der Waals surface area (Å²) in [5.74, 6) is 1.59. The van der Waals surface area contributed by atoms with Crippen LogP contribution in [0.5, 0.6) is 5.75 Å². The molecule has 0 spiro atoms. The van der Waals surface area contributed by atoms with E-state index in [0.29, 0.717) is 19.7 Å². The summed E-state index contributed by atoms with van der Waals surface area (Å²) in [5, 5.41) is 8.62. The van der Waals surface area contributed by atoms with Gasteiger partial charge < -0.3 is 15.4 Å². The van der Waals surface area contributed by atoms with Crippen molar-refractivity contribution in [1.82, 2.24) is 20.0 Å². The summed E-state index contributed by atoms with van der Waals surface area (Å²) in [5.41, 5.74) is 2.02. The summed E-state index contributed by atoms with van der Waals surface area (Å²) in [7, 11) is 0. The molecule has 0 aliphatic carbocycles. The van der Waals surface area contributed by atoms with Crippen LogP contribution in [-0.2, 0) is 13.1 Å². The van der Waals surface area contributed by atoms with Crippen molar-refractivity contribution in [2.45, 2.75) is 20.0 Å². The van der Waals surface area contributed by atoms with Crippen LogP contribution in [0.4, 0.5) is 0 Å². The van der Waals surface area contributed by atoms with E-state index in [2.05, 4.69) is 27.2 Å². The number of nitrogens with zero attached hydrogens (tertiary/aromatic N) is 3. The van der Waals surface area contributed by atoms with Crippen molar-refractivity contribution >= 4 is 46.2 Å². The number of aromatic nitrogens is 2. The van der Waals surface area contributed by atoms with Gasteiger partial charge in [-0.3, -0.25) is 4.40 Å². The van der Waals surface area contributed by atoms with Crippen LogP contribution in [0, 0.1) is 0 Å². The number of rotatable bonds is 8. The quantitative estimate of drug-likeness (QED) is 0.215. The molecule has 0 bridgehead atoms. The summed E-state index contributed by atoms with van der Waals surface area (Å²) in [6.07, 6.45) is 5.78. The fourth-order valence-electron chi connectivity index (χ4n) is 2.47. The van der Waals surface area contributed by atoms with Gasteiger partial charge in [-0.05, 0) is 13.0 Å². The fourth-order valence-corrected chi connectivity index (χ4v) is 3.18. The van der Waals surface area contributed by atoms with Gasteiger partial charge in [0.25, 0.3) is 0 Å². The molecule has 2 heterocycles. The SMILES string of the molecule is C=CCOc1ccccc1CN=C(NCC)NCc1cn2ccsc2n1.I. The lowest BCUT2D eigenvalue weighted by Crippen LogP contribution is -2.36. The predicted octanol–water partition coefficient (Wildman–Crippen LogP) is 3.83. The maximum absolute atomic E-state index is 5.69. The maximum atomic E-state index is 5.69. The van der Waals surface area contributed by atoms with Gasteiger partial charge in [-0.25, -0.2) is 9.98 Å². The van der Waals surface area contributed by atoms with Crippen molar-refractivity contribution in [3.05, 3.63) is 66.0 Å². The lowest BCUT2D eigenvalue weighted by Gasteiger charge is -2.12. The number of benzene rings is 1. The molecule has 8 heteroatoms. The molecule has 27 heavy (non-hydrogen) atoms. The van der Waals surface area contributed by atoms with Crippen LogP contribution in [0.1, 0.15) is 18.2 Å². The van der Waals surface area contributed by atoms with E-state index in [-0.39, 0.29) is 24.0 Å². The highest BCUT2D eigenvalue weighted by molar-refractivity contribution is 14.0. The van der Waals surface area contributed by atoms with Crippen molar-refractivity contribution in [3.63, 3.8) is 0 Å². The smallest absolute Gasteiger partial charge is 0.193 e. The Morgan fingerprint density at radius 1 is 1.37 bits per heavy atom. The standard InChI is InChI=1S/C19H23N5OS.HI/c1-3-10-25-17-8-6-5-7-15(17)12-21-18(20-4-2)22-13-16-14-24-9-11-26-19(24)23-16;/h3,5-9,11,14H,1,4,10,12-13H2,2H3,(H2,20,21,22);1H. The molecule has 144 valence electrons. The number of imidazole rings is 1. The van der Waals surface area contributed by atoms with E-state index < -0.39 is 0 Å². The Hall–Kier alpha value is -2.07. The van der Waals surface area contributed by atoms with E-state index >= 15 is 0 Å². The molecule has 2 aromatic heterocycles. The van der Waals surface area contributed by atoms with Crippen LogP contribution in [0.2, 0.25) is 0 Å². The summed E-state index contributed by atoms with van der Waals surface area (Å²) in [6, 6.07) is 7.92. The molecular weight excluding hydrogens is 473 g/mol. The molecule has 2 N–H and O–H groups in total. The predicted molar refractivity (Wildman–Crippen MR) is 122 cm³/mol. The number of para-hydroxylation sites is 1.